The molecular formula is C20H21N3O4S2. The summed E-state index contributed by atoms with van der Waals surface area (Å²) in [5, 5.41) is 5.34. The largest absolute Gasteiger partial charge is 0.454 e. The minimum atomic E-state index is -0.122. The molecule has 3 heterocycles. The molecule has 1 aromatic carbocycles. The number of fused-ring (bicyclic) bond motifs is 2. The van der Waals surface area contributed by atoms with Gasteiger partial charge in [0.2, 0.25) is 12.7 Å². The minimum Gasteiger partial charge on any atom is -0.454 e. The van der Waals surface area contributed by atoms with Gasteiger partial charge in [-0.2, -0.15) is 0 Å². The van der Waals surface area contributed by atoms with Crippen molar-refractivity contribution in [1.29, 1.82) is 0 Å². The Balaban J connectivity index is 1.42. The van der Waals surface area contributed by atoms with Crippen LogP contribution in [0.1, 0.15) is 19.4 Å². The van der Waals surface area contributed by atoms with Crippen LogP contribution >= 0.6 is 23.1 Å². The topological polar surface area (TPSA) is 82.5 Å². The first kappa shape index (κ1) is 19.8. The third-order valence-electron chi connectivity index (χ3n) is 4.34. The van der Waals surface area contributed by atoms with Gasteiger partial charge in [-0.1, -0.05) is 31.7 Å². The number of aromatic nitrogens is 2. The molecule has 0 saturated carbocycles. The van der Waals surface area contributed by atoms with Gasteiger partial charge in [-0.25, -0.2) is 4.98 Å². The highest BCUT2D eigenvalue weighted by Crippen LogP contribution is 2.32. The zero-order chi connectivity index (χ0) is 20.4. The van der Waals surface area contributed by atoms with Gasteiger partial charge in [0.15, 0.2) is 16.7 Å². The summed E-state index contributed by atoms with van der Waals surface area (Å²) in [6, 6.07) is 7.43. The zero-order valence-electron chi connectivity index (χ0n) is 16.1. The molecule has 7 nitrogen and oxygen atoms in total. The van der Waals surface area contributed by atoms with Crippen LogP contribution in [0.3, 0.4) is 0 Å². The Morgan fingerprint density at radius 2 is 2.14 bits per heavy atom. The van der Waals surface area contributed by atoms with E-state index in [0.717, 1.165) is 5.56 Å². The molecule has 9 heteroatoms. The Morgan fingerprint density at radius 1 is 1.31 bits per heavy atom. The van der Waals surface area contributed by atoms with Crippen molar-refractivity contribution in [2.45, 2.75) is 32.1 Å². The molecule has 1 aliphatic heterocycles. The van der Waals surface area contributed by atoms with E-state index in [4.69, 9.17) is 9.47 Å². The fraction of sp³-hybridized carbons (Fsp3) is 0.350. The summed E-state index contributed by atoms with van der Waals surface area (Å²) < 4.78 is 13.0. The number of carbonyl (C=O) groups excluding carboxylic acids is 1. The molecule has 2 aromatic heterocycles. The summed E-state index contributed by atoms with van der Waals surface area (Å²) in [5.41, 5.74) is 1.58. The highest BCUT2D eigenvalue weighted by molar-refractivity contribution is 7.99. The van der Waals surface area contributed by atoms with Crippen LogP contribution in [0, 0.1) is 5.92 Å². The predicted molar refractivity (Wildman–Crippen MR) is 114 cm³/mol. The molecule has 152 valence electrons. The number of benzene rings is 1. The highest BCUT2D eigenvalue weighted by Gasteiger charge is 2.16. The van der Waals surface area contributed by atoms with Crippen molar-refractivity contribution in [2.75, 3.05) is 12.5 Å². The monoisotopic (exact) mass is 431 g/mol. The number of ether oxygens (including phenoxy) is 2. The normalized spacial score (nSPS) is 12.7. The van der Waals surface area contributed by atoms with E-state index in [-0.39, 0.29) is 24.0 Å². The predicted octanol–water partition coefficient (Wildman–Crippen LogP) is 3.25. The number of nitrogens with zero attached hydrogens (tertiary/aromatic N) is 2. The molecule has 0 unspecified atom stereocenters. The van der Waals surface area contributed by atoms with Crippen LogP contribution in [0.5, 0.6) is 11.5 Å². The third-order valence-corrected chi connectivity index (χ3v) is 6.21. The summed E-state index contributed by atoms with van der Waals surface area (Å²) >= 11 is 2.68. The zero-order valence-corrected chi connectivity index (χ0v) is 17.8. The molecule has 1 aliphatic rings. The average molecular weight is 432 g/mol. The molecule has 0 radical (unpaired) electrons. The van der Waals surface area contributed by atoms with E-state index in [1.807, 2.05) is 29.6 Å². The molecule has 0 bridgehead atoms. The molecular weight excluding hydrogens is 410 g/mol. The number of thiophene rings is 1. The van der Waals surface area contributed by atoms with Gasteiger partial charge in [0.05, 0.1) is 11.3 Å². The van der Waals surface area contributed by atoms with Gasteiger partial charge in [-0.05, 0) is 35.1 Å². The number of carbonyl (C=O) groups is 1. The van der Waals surface area contributed by atoms with E-state index in [9.17, 15) is 9.59 Å². The average Bonchev–Trinajstić information content (AvgIpc) is 3.35. The van der Waals surface area contributed by atoms with Gasteiger partial charge in [-0.15, -0.1) is 11.3 Å². The van der Waals surface area contributed by atoms with E-state index < -0.39 is 0 Å². The first-order valence-electron chi connectivity index (χ1n) is 9.27. The number of hydrogen-bond acceptors (Lipinski definition) is 7. The summed E-state index contributed by atoms with van der Waals surface area (Å²) in [6.45, 7) is 5.29. The summed E-state index contributed by atoms with van der Waals surface area (Å²) in [4.78, 5) is 29.8. The van der Waals surface area contributed by atoms with Crippen molar-refractivity contribution in [2.24, 2.45) is 5.92 Å². The van der Waals surface area contributed by atoms with Crippen LogP contribution in [-0.4, -0.2) is 28.0 Å². The van der Waals surface area contributed by atoms with Gasteiger partial charge in [0.1, 0.15) is 4.70 Å². The van der Waals surface area contributed by atoms with Crippen LogP contribution in [0.2, 0.25) is 0 Å². The number of amides is 1. The number of hydrogen-bond donors (Lipinski definition) is 1. The number of thioether (sulfide) groups is 1. The van der Waals surface area contributed by atoms with E-state index in [1.54, 1.807) is 4.57 Å². The van der Waals surface area contributed by atoms with Crippen molar-refractivity contribution in [3.05, 3.63) is 45.6 Å². The Labute approximate surface area is 176 Å². The maximum Gasteiger partial charge on any atom is 0.272 e. The standard InChI is InChI=1S/C20H21N3O4S2/c1-12(2)9-23-19(25)18-14(5-6-28-18)22-20(23)29-10-17(24)21-8-13-3-4-15-16(7-13)27-11-26-15/h3-7,12H,8-11H2,1-2H3,(H,21,24). The Morgan fingerprint density at radius 3 is 2.97 bits per heavy atom. The fourth-order valence-electron chi connectivity index (χ4n) is 2.99. The van der Waals surface area contributed by atoms with Crippen LogP contribution in [0.15, 0.2) is 39.6 Å². The lowest BCUT2D eigenvalue weighted by Crippen LogP contribution is -2.27. The second-order valence-corrected chi connectivity index (χ2v) is 8.95. The fourth-order valence-corrected chi connectivity index (χ4v) is 4.61. The molecule has 0 fully saturated rings. The third kappa shape index (κ3) is 4.40. The lowest BCUT2D eigenvalue weighted by molar-refractivity contribution is -0.118. The van der Waals surface area contributed by atoms with Crippen LogP contribution in [-0.2, 0) is 17.9 Å². The Kier molecular flexibility index (Phi) is 5.77. The number of rotatable bonds is 7. The molecule has 4 rings (SSSR count). The smallest absolute Gasteiger partial charge is 0.272 e. The molecule has 1 amide bonds. The second kappa shape index (κ2) is 8.46. The summed E-state index contributed by atoms with van der Waals surface area (Å²) in [6.07, 6.45) is 0. The molecule has 0 atom stereocenters. The van der Waals surface area contributed by atoms with E-state index in [2.05, 4.69) is 24.1 Å². The van der Waals surface area contributed by atoms with Gasteiger partial charge < -0.3 is 14.8 Å². The SMILES string of the molecule is CC(C)Cn1c(SCC(=O)NCc2ccc3c(c2)OCO3)nc2ccsc2c1=O. The lowest BCUT2D eigenvalue weighted by atomic mass is 10.2. The van der Waals surface area contributed by atoms with Crippen LogP contribution < -0.4 is 20.3 Å². The first-order chi connectivity index (χ1) is 14.0. The summed E-state index contributed by atoms with van der Waals surface area (Å²) in [5.74, 6) is 1.77. The minimum absolute atomic E-state index is 0.0398. The van der Waals surface area contributed by atoms with Gasteiger partial charge in [-0.3, -0.25) is 14.2 Å². The summed E-state index contributed by atoms with van der Waals surface area (Å²) in [7, 11) is 0. The van der Waals surface area contributed by atoms with E-state index in [1.165, 1.54) is 23.1 Å². The van der Waals surface area contributed by atoms with Gasteiger partial charge in [0.25, 0.3) is 5.56 Å². The molecule has 0 spiro atoms. The maximum absolute atomic E-state index is 12.8. The van der Waals surface area contributed by atoms with Crippen molar-refractivity contribution >= 4 is 39.2 Å². The van der Waals surface area contributed by atoms with E-state index in [0.29, 0.717) is 45.9 Å². The second-order valence-electron chi connectivity index (χ2n) is 7.09. The quantitative estimate of drug-likeness (QED) is 0.457. The number of nitrogens with one attached hydrogen (secondary N) is 1. The van der Waals surface area contributed by atoms with Crippen molar-refractivity contribution in [3.63, 3.8) is 0 Å². The highest BCUT2D eigenvalue weighted by atomic mass is 32.2. The molecule has 0 aliphatic carbocycles. The van der Waals surface area contributed by atoms with Crippen molar-refractivity contribution < 1.29 is 14.3 Å². The lowest BCUT2D eigenvalue weighted by Gasteiger charge is -2.14. The maximum atomic E-state index is 12.8. The molecule has 1 N–H and O–H groups in total. The van der Waals surface area contributed by atoms with Crippen LogP contribution in [0.25, 0.3) is 10.2 Å². The first-order valence-corrected chi connectivity index (χ1v) is 11.1. The Hall–Kier alpha value is -2.52. The Bertz CT molecular complexity index is 1110. The van der Waals surface area contributed by atoms with Crippen molar-refractivity contribution in [1.82, 2.24) is 14.9 Å². The van der Waals surface area contributed by atoms with Gasteiger partial charge in [0, 0.05) is 13.1 Å². The van der Waals surface area contributed by atoms with Crippen LogP contribution in [0.4, 0.5) is 0 Å². The molecule has 0 saturated heterocycles. The molecule has 3 aromatic rings. The van der Waals surface area contributed by atoms with Gasteiger partial charge >= 0.3 is 0 Å². The molecule has 29 heavy (non-hydrogen) atoms. The van der Waals surface area contributed by atoms with Crippen molar-refractivity contribution in [3.8, 4) is 11.5 Å². The van der Waals surface area contributed by atoms with E-state index >= 15 is 0 Å².